The summed E-state index contributed by atoms with van der Waals surface area (Å²) in [5.41, 5.74) is 0. The molecule has 0 heterocycles. The number of alkyl halides is 1. The summed E-state index contributed by atoms with van der Waals surface area (Å²) in [6.07, 6.45) is 2.15. The molecule has 0 saturated carbocycles. The topological polar surface area (TPSA) is 49.8 Å². The smallest absolute Gasteiger partial charge is 0.222 e. The average Bonchev–Trinajstić information content (AvgIpc) is 2.24. The summed E-state index contributed by atoms with van der Waals surface area (Å²) in [6.45, 7) is 1.41. The number of rotatable bonds is 9. The first-order chi connectivity index (χ1) is 7.26. The molecule has 1 amide bonds. The van der Waals surface area contributed by atoms with Crippen molar-refractivity contribution in [2.45, 2.75) is 19.3 Å². The second kappa shape index (κ2) is 10.2. The second-order valence-corrected chi connectivity index (χ2v) is 3.62. The lowest BCUT2D eigenvalue weighted by Gasteiger charge is -2.21. The van der Waals surface area contributed by atoms with Crippen molar-refractivity contribution in [2.75, 3.05) is 39.3 Å². The van der Waals surface area contributed by atoms with Crippen molar-refractivity contribution in [3.8, 4) is 0 Å². The van der Waals surface area contributed by atoms with E-state index in [1.165, 1.54) is 0 Å². The lowest BCUT2D eigenvalue weighted by Crippen LogP contribution is -2.36. The monoisotopic (exact) mass is 237 g/mol. The number of amides is 1. The highest BCUT2D eigenvalue weighted by molar-refractivity contribution is 6.17. The summed E-state index contributed by atoms with van der Waals surface area (Å²) in [7, 11) is 1.59. The number of hydrogen-bond acceptors (Lipinski definition) is 3. The minimum atomic E-state index is -0.00897. The highest BCUT2D eigenvalue weighted by Gasteiger charge is 2.11. The molecule has 0 fully saturated rings. The van der Waals surface area contributed by atoms with Crippen molar-refractivity contribution in [3.05, 3.63) is 0 Å². The van der Waals surface area contributed by atoms with E-state index in [4.69, 9.17) is 21.4 Å². The third-order valence-corrected chi connectivity index (χ3v) is 2.33. The summed E-state index contributed by atoms with van der Waals surface area (Å²) in [6, 6.07) is 0. The highest BCUT2D eigenvalue weighted by atomic mass is 35.5. The number of nitrogens with zero attached hydrogens (tertiary/aromatic N) is 1. The molecule has 0 aliphatic heterocycles. The molecule has 0 radical (unpaired) electrons. The van der Waals surface area contributed by atoms with Gasteiger partial charge in [-0.1, -0.05) is 0 Å². The van der Waals surface area contributed by atoms with Gasteiger partial charge < -0.3 is 14.7 Å². The van der Waals surface area contributed by atoms with Gasteiger partial charge in [0.2, 0.25) is 5.91 Å². The second-order valence-electron chi connectivity index (χ2n) is 3.24. The maximum absolute atomic E-state index is 11.6. The molecule has 0 aliphatic rings. The van der Waals surface area contributed by atoms with Crippen LogP contribution in [0, 0.1) is 0 Å². The number of unbranched alkanes of at least 4 members (excludes halogenated alkanes) is 1. The van der Waals surface area contributed by atoms with E-state index in [1.54, 1.807) is 12.0 Å². The summed E-state index contributed by atoms with van der Waals surface area (Å²) < 4.78 is 4.90. The normalized spacial score (nSPS) is 10.3. The van der Waals surface area contributed by atoms with Crippen LogP contribution in [0.15, 0.2) is 0 Å². The van der Waals surface area contributed by atoms with Crippen molar-refractivity contribution in [1.82, 2.24) is 4.90 Å². The number of aliphatic hydroxyl groups is 1. The van der Waals surface area contributed by atoms with E-state index in [1.807, 2.05) is 0 Å². The minimum absolute atomic E-state index is 0.00897. The van der Waals surface area contributed by atoms with E-state index < -0.39 is 0 Å². The fourth-order valence-corrected chi connectivity index (χ4v) is 1.40. The largest absolute Gasteiger partial charge is 0.395 e. The van der Waals surface area contributed by atoms with Crippen LogP contribution >= 0.6 is 11.6 Å². The van der Waals surface area contributed by atoms with Crippen molar-refractivity contribution >= 4 is 17.5 Å². The number of aliphatic hydroxyl groups excluding tert-OH is 1. The Morgan fingerprint density at radius 3 is 2.67 bits per heavy atom. The van der Waals surface area contributed by atoms with E-state index in [2.05, 4.69) is 0 Å². The quantitative estimate of drug-likeness (QED) is 0.478. The van der Waals surface area contributed by atoms with E-state index in [-0.39, 0.29) is 12.5 Å². The number of carbonyl (C=O) groups is 1. The Kier molecular flexibility index (Phi) is 9.99. The first-order valence-electron chi connectivity index (χ1n) is 5.19. The fourth-order valence-electron chi connectivity index (χ4n) is 1.21. The minimum Gasteiger partial charge on any atom is -0.395 e. The van der Waals surface area contributed by atoms with Crippen LogP contribution in [0.2, 0.25) is 0 Å². The molecule has 0 aliphatic carbocycles. The predicted octanol–water partition coefficient (Wildman–Crippen LogP) is 0.863. The molecule has 5 heteroatoms. The average molecular weight is 238 g/mol. The molecule has 0 spiro atoms. The molecule has 0 saturated heterocycles. The maximum atomic E-state index is 11.6. The Morgan fingerprint density at radius 2 is 2.13 bits per heavy atom. The number of halogens is 1. The zero-order chi connectivity index (χ0) is 11.5. The first-order valence-corrected chi connectivity index (χ1v) is 5.73. The van der Waals surface area contributed by atoms with Gasteiger partial charge in [0.1, 0.15) is 0 Å². The Bertz CT molecular complexity index is 167. The van der Waals surface area contributed by atoms with Crippen LogP contribution in [0.3, 0.4) is 0 Å². The van der Waals surface area contributed by atoms with Crippen LogP contribution < -0.4 is 0 Å². The van der Waals surface area contributed by atoms with Crippen molar-refractivity contribution in [3.63, 3.8) is 0 Å². The number of methoxy groups -OCH3 is 1. The molecule has 0 atom stereocenters. The Morgan fingerprint density at radius 1 is 1.40 bits per heavy atom. The number of ether oxygens (including phenoxy) is 1. The molecule has 0 bridgehead atoms. The Labute approximate surface area is 96.2 Å². The van der Waals surface area contributed by atoms with Gasteiger partial charge in [0.15, 0.2) is 0 Å². The van der Waals surface area contributed by atoms with Gasteiger partial charge >= 0.3 is 0 Å². The van der Waals surface area contributed by atoms with Crippen LogP contribution in [0.25, 0.3) is 0 Å². The van der Waals surface area contributed by atoms with Gasteiger partial charge in [-0.15, -0.1) is 11.6 Å². The fraction of sp³-hybridized carbons (Fsp3) is 0.900. The van der Waals surface area contributed by atoms with Crippen molar-refractivity contribution in [1.29, 1.82) is 0 Å². The number of hydrogen-bond donors (Lipinski definition) is 1. The Balaban J connectivity index is 3.81. The summed E-state index contributed by atoms with van der Waals surface area (Å²) >= 11 is 5.52. The summed E-state index contributed by atoms with van der Waals surface area (Å²) in [4.78, 5) is 13.3. The molecular weight excluding hydrogens is 218 g/mol. The molecular formula is C10H20ClNO3. The zero-order valence-corrected chi connectivity index (χ0v) is 10.0. The van der Waals surface area contributed by atoms with Gasteiger partial charge in [0, 0.05) is 32.5 Å². The molecule has 15 heavy (non-hydrogen) atoms. The molecule has 0 aromatic rings. The third-order valence-electron chi connectivity index (χ3n) is 2.06. The standard InChI is InChI=1S/C10H20ClNO3/c1-15-9-7-12(6-8-13)10(14)4-2-3-5-11/h13H,2-9H2,1H3. The van der Waals surface area contributed by atoms with Crippen LogP contribution in [0.5, 0.6) is 0 Å². The lowest BCUT2D eigenvalue weighted by atomic mass is 10.2. The molecule has 0 rings (SSSR count). The van der Waals surface area contributed by atoms with Gasteiger partial charge in [-0.2, -0.15) is 0 Å². The van der Waals surface area contributed by atoms with Gasteiger partial charge in [-0.25, -0.2) is 0 Å². The summed E-state index contributed by atoms with van der Waals surface area (Å²) in [5, 5.41) is 8.80. The molecule has 1 N–H and O–H groups in total. The zero-order valence-electron chi connectivity index (χ0n) is 9.25. The van der Waals surface area contributed by atoms with Gasteiger partial charge in [-0.05, 0) is 12.8 Å². The summed E-state index contributed by atoms with van der Waals surface area (Å²) in [5.74, 6) is 0.650. The Hall–Kier alpha value is -0.320. The maximum Gasteiger partial charge on any atom is 0.222 e. The van der Waals surface area contributed by atoms with Gasteiger partial charge in [0.05, 0.1) is 13.2 Å². The number of carbonyl (C=O) groups excluding carboxylic acids is 1. The first kappa shape index (κ1) is 14.7. The molecule has 4 nitrogen and oxygen atoms in total. The molecule has 0 unspecified atom stereocenters. The third kappa shape index (κ3) is 7.59. The lowest BCUT2D eigenvalue weighted by molar-refractivity contribution is -0.132. The van der Waals surface area contributed by atoms with Crippen LogP contribution in [0.4, 0.5) is 0 Å². The van der Waals surface area contributed by atoms with Crippen LogP contribution in [-0.2, 0) is 9.53 Å². The van der Waals surface area contributed by atoms with Crippen LogP contribution in [-0.4, -0.2) is 55.2 Å². The molecule has 0 aromatic carbocycles. The molecule has 0 aromatic heterocycles. The SMILES string of the molecule is COCCN(CCO)C(=O)CCCCCl. The van der Waals surface area contributed by atoms with Crippen molar-refractivity contribution in [2.24, 2.45) is 0 Å². The van der Waals surface area contributed by atoms with E-state index in [0.29, 0.717) is 32.0 Å². The van der Waals surface area contributed by atoms with E-state index in [0.717, 1.165) is 12.8 Å². The predicted molar refractivity (Wildman–Crippen MR) is 60.1 cm³/mol. The van der Waals surface area contributed by atoms with E-state index >= 15 is 0 Å². The molecule has 90 valence electrons. The van der Waals surface area contributed by atoms with Crippen LogP contribution in [0.1, 0.15) is 19.3 Å². The van der Waals surface area contributed by atoms with Gasteiger partial charge in [0.25, 0.3) is 0 Å². The van der Waals surface area contributed by atoms with Gasteiger partial charge in [-0.3, -0.25) is 4.79 Å². The van der Waals surface area contributed by atoms with Crippen molar-refractivity contribution < 1.29 is 14.6 Å². The van der Waals surface area contributed by atoms with E-state index in [9.17, 15) is 4.79 Å². The highest BCUT2D eigenvalue weighted by Crippen LogP contribution is 2.02.